The van der Waals surface area contributed by atoms with Gasteiger partial charge in [-0.15, -0.1) is 0 Å². The van der Waals surface area contributed by atoms with Crippen LogP contribution in [0.15, 0.2) is 22.7 Å². The highest BCUT2D eigenvalue weighted by Crippen LogP contribution is 2.26. The van der Waals surface area contributed by atoms with Crippen molar-refractivity contribution in [3.8, 4) is 5.75 Å². The van der Waals surface area contributed by atoms with Crippen LogP contribution >= 0.6 is 15.9 Å². The number of halogens is 1. The fraction of sp³-hybridized carbons (Fsp3) is 0.562. The molecule has 21 heavy (non-hydrogen) atoms. The molecule has 1 aromatic carbocycles. The quantitative estimate of drug-likeness (QED) is 0.852. The highest BCUT2D eigenvalue weighted by atomic mass is 79.9. The summed E-state index contributed by atoms with van der Waals surface area (Å²) in [5.74, 6) is 1.69. The number of carbonyl (C=O) groups is 1. The van der Waals surface area contributed by atoms with Gasteiger partial charge in [-0.1, -0.05) is 6.07 Å². The molecule has 0 radical (unpaired) electrons. The first-order valence-electron chi connectivity index (χ1n) is 7.38. The Morgan fingerprint density at radius 1 is 1.52 bits per heavy atom. The largest absolute Gasteiger partial charge is 0.496 e. The summed E-state index contributed by atoms with van der Waals surface area (Å²) in [5, 5.41) is 3.19. The topological polar surface area (TPSA) is 41.6 Å². The summed E-state index contributed by atoms with van der Waals surface area (Å²) < 4.78 is 6.15. The Hall–Kier alpha value is -1.07. The fourth-order valence-corrected chi connectivity index (χ4v) is 3.38. The standard InChI is InChI=1S/C16H23BrN2O2/c1-18-10-13-7-8-19(11-13)16(20)6-4-12-3-5-15(21-2)14(17)9-12/h3,5,9,13,18H,4,6-8,10-11H2,1-2H3/t13-/m1/s1. The molecule has 1 heterocycles. The minimum Gasteiger partial charge on any atom is -0.496 e. The summed E-state index contributed by atoms with van der Waals surface area (Å²) in [4.78, 5) is 14.2. The summed E-state index contributed by atoms with van der Waals surface area (Å²) in [6, 6.07) is 5.98. The predicted molar refractivity (Wildman–Crippen MR) is 87.6 cm³/mol. The number of amides is 1. The third-order valence-corrected chi connectivity index (χ3v) is 4.59. The lowest BCUT2D eigenvalue weighted by Gasteiger charge is -2.16. The van der Waals surface area contributed by atoms with Crippen LogP contribution in [0.3, 0.4) is 0 Å². The number of benzene rings is 1. The van der Waals surface area contributed by atoms with Crippen LogP contribution in [0.25, 0.3) is 0 Å². The summed E-state index contributed by atoms with van der Waals surface area (Å²) in [7, 11) is 3.62. The Bertz CT molecular complexity index is 493. The highest BCUT2D eigenvalue weighted by Gasteiger charge is 2.25. The maximum atomic E-state index is 12.2. The van der Waals surface area contributed by atoms with Gasteiger partial charge in [-0.05, 0) is 66.0 Å². The van der Waals surface area contributed by atoms with Crippen LogP contribution in [0.5, 0.6) is 5.75 Å². The molecule has 0 bridgehead atoms. The van der Waals surface area contributed by atoms with Crippen LogP contribution in [0.4, 0.5) is 0 Å². The molecule has 5 heteroatoms. The van der Waals surface area contributed by atoms with Gasteiger partial charge in [0.25, 0.3) is 0 Å². The molecule has 1 aromatic rings. The van der Waals surface area contributed by atoms with Gasteiger partial charge in [-0.25, -0.2) is 0 Å². The van der Waals surface area contributed by atoms with E-state index in [2.05, 4.69) is 21.2 Å². The second-order valence-corrected chi connectivity index (χ2v) is 6.38. The number of nitrogens with one attached hydrogen (secondary N) is 1. The zero-order chi connectivity index (χ0) is 15.2. The maximum absolute atomic E-state index is 12.2. The van der Waals surface area contributed by atoms with Crippen LogP contribution in [-0.2, 0) is 11.2 Å². The molecule has 0 saturated carbocycles. The number of rotatable bonds is 6. The van der Waals surface area contributed by atoms with Crippen LogP contribution in [-0.4, -0.2) is 44.6 Å². The zero-order valence-corrected chi connectivity index (χ0v) is 14.3. The summed E-state index contributed by atoms with van der Waals surface area (Å²) in [5.41, 5.74) is 1.15. The summed E-state index contributed by atoms with van der Waals surface area (Å²) in [6.45, 7) is 2.79. The average molecular weight is 355 g/mol. The van der Waals surface area contributed by atoms with E-state index in [1.165, 1.54) is 0 Å². The van der Waals surface area contributed by atoms with Crippen LogP contribution in [0.2, 0.25) is 0 Å². The van der Waals surface area contributed by atoms with E-state index >= 15 is 0 Å². The normalized spacial score (nSPS) is 18.0. The van der Waals surface area contributed by atoms with Gasteiger partial charge in [0, 0.05) is 19.5 Å². The van der Waals surface area contributed by atoms with E-state index in [-0.39, 0.29) is 5.91 Å². The summed E-state index contributed by atoms with van der Waals surface area (Å²) in [6.07, 6.45) is 2.46. The molecule has 0 aromatic heterocycles. The van der Waals surface area contributed by atoms with E-state index in [0.717, 1.165) is 48.3 Å². The number of methoxy groups -OCH3 is 1. The lowest BCUT2D eigenvalue weighted by atomic mass is 10.1. The van der Waals surface area contributed by atoms with Gasteiger partial charge >= 0.3 is 0 Å². The second kappa shape index (κ2) is 7.80. The first kappa shape index (κ1) is 16.3. The van der Waals surface area contributed by atoms with Gasteiger partial charge in [-0.3, -0.25) is 4.79 Å². The molecular weight excluding hydrogens is 332 g/mol. The van der Waals surface area contributed by atoms with Crippen molar-refractivity contribution in [1.82, 2.24) is 10.2 Å². The van der Waals surface area contributed by atoms with Gasteiger partial charge in [0.05, 0.1) is 11.6 Å². The Labute approximate surface area is 135 Å². The van der Waals surface area contributed by atoms with Crippen molar-refractivity contribution < 1.29 is 9.53 Å². The lowest BCUT2D eigenvalue weighted by Crippen LogP contribution is -2.30. The Kier molecular flexibility index (Phi) is 6.06. The Morgan fingerprint density at radius 3 is 3.00 bits per heavy atom. The molecule has 0 spiro atoms. The molecule has 1 aliphatic heterocycles. The van der Waals surface area contributed by atoms with Crippen molar-refractivity contribution >= 4 is 21.8 Å². The molecule has 1 atom stereocenters. The average Bonchev–Trinajstić information content (AvgIpc) is 2.94. The van der Waals surface area contributed by atoms with Crippen molar-refractivity contribution in [2.75, 3.05) is 33.8 Å². The van der Waals surface area contributed by atoms with E-state index in [1.807, 2.05) is 30.1 Å². The number of hydrogen-bond donors (Lipinski definition) is 1. The molecule has 0 aliphatic carbocycles. The van der Waals surface area contributed by atoms with E-state index in [1.54, 1.807) is 7.11 Å². The highest BCUT2D eigenvalue weighted by molar-refractivity contribution is 9.10. The smallest absolute Gasteiger partial charge is 0.222 e. The third-order valence-electron chi connectivity index (χ3n) is 3.98. The molecule has 1 fully saturated rings. The number of nitrogens with zero attached hydrogens (tertiary/aromatic N) is 1. The molecule has 1 aliphatic rings. The van der Waals surface area contributed by atoms with E-state index in [0.29, 0.717) is 12.3 Å². The molecule has 0 unspecified atom stereocenters. The minimum absolute atomic E-state index is 0.264. The number of ether oxygens (including phenoxy) is 1. The van der Waals surface area contributed by atoms with E-state index in [4.69, 9.17) is 4.74 Å². The second-order valence-electron chi connectivity index (χ2n) is 5.52. The van der Waals surface area contributed by atoms with E-state index in [9.17, 15) is 4.79 Å². The molecule has 1 N–H and O–H groups in total. The van der Waals surface area contributed by atoms with Crippen LogP contribution in [0.1, 0.15) is 18.4 Å². The van der Waals surface area contributed by atoms with Gasteiger partial charge in [0.15, 0.2) is 0 Å². The summed E-state index contributed by atoms with van der Waals surface area (Å²) >= 11 is 3.48. The number of carbonyl (C=O) groups excluding carboxylic acids is 1. The Balaban J connectivity index is 1.83. The van der Waals surface area contributed by atoms with Crippen LogP contribution < -0.4 is 10.1 Å². The first-order valence-corrected chi connectivity index (χ1v) is 8.18. The third kappa shape index (κ3) is 4.45. The first-order chi connectivity index (χ1) is 10.1. The van der Waals surface area contributed by atoms with Gasteiger partial charge < -0.3 is 15.0 Å². The van der Waals surface area contributed by atoms with Crippen molar-refractivity contribution in [2.24, 2.45) is 5.92 Å². The van der Waals surface area contributed by atoms with Gasteiger partial charge in [0.2, 0.25) is 5.91 Å². The SMILES string of the molecule is CNC[C@H]1CCN(C(=O)CCc2ccc(OC)c(Br)c2)C1. The molecule has 4 nitrogen and oxygen atoms in total. The maximum Gasteiger partial charge on any atom is 0.222 e. The fourth-order valence-electron chi connectivity index (χ4n) is 2.79. The minimum atomic E-state index is 0.264. The van der Waals surface area contributed by atoms with Crippen molar-refractivity contribution in [3.63, 3.8) is 0 Å². The lowest BCUT2D eigenvalue weighted by molar-refractivity contribution is -0.130. The Morgan fingerprint density at radius 2 is 2.33 bits per heavy atom. The molecule has 1 saturated heterocycles. The molecule has 2 rings (SSSR count). The van der Waals surface area contributed by atoms with Gasteiger partial charge in [-0.2, -0.15) is 0 Å². The van der Waals surface area contributed by atoms with Crippen LogP contribution in [0, 0.1) is 5.92 Å². The van der Waals surface area contributed by atoms with Crippen molar-refractivity contribution in [2.45, 2.75) is 19.3 Å². The number of hydrogen-bond acceptors (Lipinski definition) is 3. The molecule has 1 amide bonds. The number of likely N-dealkylation sites (tertiary alicyclic amines) is 1. The van der Waals surface area contributed by atoms with Crippen molar-refractivity contribution in [1.29, 1.82) is 0 Å². The van der Waals surface area contributed by atoms with Gasteiger partial charge in [0.1, 0.15) is 5.75 Å². The number of aryl methyl sites for hydroxylation is 1. The monoisotopic (exact) mass is 354 g/mol. The molecular formula is C16H23BrN2O2. The van der Waals surface area contributed by atoms with E-state index < -0.39 is 0 Å². The zero-order valence-electron chi connectivity index (χ0n) is 12.7. The predicted octanol–water partition coefficient (Wildman–Crippen LogP) is 2.46. The molecule has 116 valence electrons. The van der Waals surface area contributed by atoms with Crippen molar-refractivity contribution in [3.05, 3.63) is 28.2 Å².